The number of hydrogen-bond donors (Lipinski definition) is 0. The number of aromatic nitrogens is 2. The maximum atomic E-state index is 12.4. The molecule has 1 aliphatic rings. The highest BCUT2D eigenvalue weighted by Gasteiger charge is 2.51. The molecule has 1 fully saturated rings. The Hall–Kier alpha value is -1.43. The monoisotopic (exact) mass is 533 g/mol. The molecular weight excluding hydrogens is 498 g/mol. The third kappa shape index (κ3) is 7.86. The molecule has 1 aromatic heterocycles. The van der Waals surface area contributed by atoms with Gasteiger partial charge in [-0.1, -0.05) is 19.6 Å². The fraction of sp³-hybridized carbons (Fsp3) is 0.762. The minimum absolute atomic E-state index is 0.223. The molecule has 1 aliphatic heterocycles. The molecule has 0 N–H and O–H groups in total. The fourth-order valence-corrected chi connectivity index (χ4v) is 4.14. The van der Waals surface area contributed by atoms with Gasteiger partial charge in [-0.3, -0.25) is 0 Å². The zero-order valence-corrected chi connectivity index (χ0v) is 22.8. The number of carbonyl (C=O) groups excluding carboxylic acids is 2. The van der Waals surface area contributed by atoms with Crippen molar-refractivity contribution in [3.63, 3.8) is 0 Å². The summed E-state index contributed by atoms with van der Waals surface area (Å²) >= 11 is 3.52. The average molecular weight is 535 g/mol. The molecule has 32 heavy (non-hydrogen) atoms. The summed E-state index contributed by atoms with van der Waals surface area (Å²) in [6, 6.07) is 2.90. The van der Waals surface area contributed by atoms with Crippen LogP contribution in [0, 0.1) is 0 Å². The maximum Gasteiger partial charge on any atom is 0.410 e. The summed E-state index contributed by atoms with van der Waals surface area (Å²) in [6.07, 6.45) is -0.430. The first kappa shape index (κ1) is 26.8. The van der Waals surface area contributed by atoms with Crippen LogP contribution < -0.4 is 0 Å². The summed E-state index contributed by atoms with van der Waals surface area (Å²) in [4.78, 5) is 25.9. The zero-order chi connectivity index (χ0) is 24.2. The van der Waals surface area contributed by atoms with Crippen LogP contribution in [0.4, 0.5) is 4.79 Å². The van der Waals surface area contributed by atoms with Gasteiger partial charge in [0, 0.05) is 14.7 Å². The minimum atomic E-state index is -1.17. The molecule has 2 heterocycles. The SMILES string of the molecule is CCOC(=O)COC1(c2cc(Br)n(COCC[Si](C)(C)C)n2)CN(C(=O)OC(C)(C)C)C1. The van der Waals surface area contributed by atoms with E-state index in [4.69, 9.17) is 18.9 Å². The third-order valence-electron chi connectivity index (χ3n) is 4.72. The van der Waals surface area contributed by atoms with Crippen LogP contribution in [0.2, 0.25) is 25.7 Å². The molecular formula is C21H36BrN3O6Si. The summed E-state index contributed by atoms with van der Waals surface area (Å²) in [6.45, 7) is 15.6. The summed E-state index contributed by atoms with van der Waals surface area (Å²) in [5.74, 6) is -0.462. The lowest BCUT2D eigenvalue weighted by molar-refractivity contribution is -0.175. The Bertz CT molecular complexity index is 796. The number of nitrogens with zero attached hydrogens (tertiary/aromatic N) is 3. The van der Waals surface area contributed by atoms with Gasteiger partial charge in [-0.25, -0.2) is 14.3 Å². The van der Waals surface area contributed by atoms with Gasteiger partial charge in [0.2, 0.25) is 0 Å². The lowest BCUT2D eigenvalue weighted by atomic mass is 9.90. The molecule has 0 aliphatic carbocycles. The van der Waals surface area contributed by atoms with E-state index in [9.17, 15) is 9.59 Å². The Morgan fingerprint density at radius 2 is 1.91 bits per heavy atom. The molecule has 0 saturated carbocycles. The van der Waals surface area contributed by atoms with E-state index >= 15 is 0 Å². The van der Waals surface area contributed by atoms with E-state index in [1.165, 1.54) is 4.90 Å². The van der Waals surface area contributed by atoms with Crippen molar-refractivity contribution in [3.05, 3.63) is 16.4 Å². The lowest BCUT2D eigenvalue weighted by Crippen LogP contribution is -2.63. The van der Waals surface area contributed by atoms with Gasteiger partial charge in [0.15, 0.2) is 0 Å². The second kappa shape index (κ2) is 10.7. The molecule has 2 rings (SSSR count). The van der Waals surface area contributed by atoms with Crippen LogP contribution in [0.15, 0.2) is 10.7 Å². The molecule has 1 saturated heterocycles. The van der Waals surface area contributed by atoms with Crippen molar-refractivity contribution < 1.29 is 28.5 Å². The molecule has 0 spiro atoms. The van der Waals surface area contributed by atoms with E-state index in [2.05, 4.69) is 40.7 Å². The van der Waals surface area contributed by atoms with Gasteiger partial charge in [-0.15, -0.1) is 0 Å². The fourth-order valence-electron chi connectivity index (χ4n) is 2.99. The van der Waals surface area contributed by atoms with E-state index in [0.29, 0.717) is 19.0 Å². The van der Waals surface area contributed by atoms with Gasteiger partial charge >= 0.3 is 12.1 Å². The predicted molar refractivity (Wildman–Crippen MR) is 126 cm³/mol. The number of halogens is 1. The van der Waals surface area contributed by atoms with Crippen molar-refractivity contribution in [2.24, 2.45) is 0 Å². The number of carbonyl (C=O) groups is 2. The average Bonchev–Trinajstić information content (AvgIpc) is 2.96. The molecule has 1 amide bonds. The van der Waals surface area contributed by atoms with Crippen LogP contribution in [-0.4, -0.2) is 73.3 Å². The highest BCUT2D eigenvalue weighted by atomic mass is 79.9. The van der Waals surface area contributed by atoms with Crippen LogP contribution >= 0.6 is 15.9 Å². The second-order valence-corrected chi connectivity index (χ2v) is 16.6. The molecule has 0 atom stereocenters. The van der Waals surface area contributed by atoms with Crippen molar-refractivity contribution in [1.29, 1.82) is 0 Å². The summed E-state index contributed by atoms with van der Waals surface area (Å²) < 4.78 is 24.6. The van der Waals surface area contributed by atoms with Crippen molar-refractivity contribution >= 4 is 36.1 Å². The highest BCUT2D eigenvalue weighted by molar-refractivity contribution is 9.10. The minimum Gasteiger partial charge on any atom is -0.464 e. The van der Waals surface area contributed by atoms with Gasteiger partial charge in [-0.2, -0.15) is 5.10 Å². The maximum absolute atomic E-state index is 12.4. The molecule has 0 aromatic carbocycles. The summed E-state index contributed by atoms with van der Waals surface area (Å²) in [7, 11) is -1.17. The largest absolute Gasteiger partial charge is 0.464 e. The van der Waals surface area contributed by atoms with Crippen LogP contribution in [0.3, 0.4) is 0 Å². The van der Waals surface area contributed by atoms with E-state index < -0.39 is 31.3 Å². The second-order valence-electron chi connectivity index (χ2n) is 10.1. The first-order valence-corrected chi connectivity index (χ1v) is 15.3. The van der Waals surface area contributed by atoms with Gasteiger partial charge in [0.05, 0.1) is 25.4 Å². The number of esters is 1. The Labute approximate surface area is 199 Å². The van der Waals surface area contributed by atoms with Gasteiger partial charge < -0.3 is 23.8 Å². The normalized spacial score (nSPS) is 15.9. The molecule has 182 valence electrons. The van der Waals surface area contributed by atoms with Gasteiger partial charge in [0.1, 0.15) is 29.1 Å². The summed E-state index contributed by atoms with van der Waals surface area (Å²) in [5.41, 5.74) is -0.906. The number of hydrogen-bond acceptors (Lipinski definition) is 7. The highest BCUT2D eigenvalue weighted by Crippen LogP contribution is 2.37. The standard InChI is InChI=1S/C21H36BrN3O6Si/c1-8-29-18(26)12-30-21(13-24(14-21)19(27)31-20(2,3)4)16-11-17(22)25(23-16)15-28-9-10-32(5,6)7/h11H,8-10,12-15H2,1-7H3. The Morgan fingerprint density at radius 1 is 1.25 bits per heavy atom. The van der Waals surface area contributed by atoms with Crippen LogP contribution in [-0.2, 0) is 36.1 Å². The van der Waals surface area contributed by atoms with Crippen molar-refractivity contribution in [3.8, 4) is 0 Å². The Kier molecular flexibility index (Phi) is 8.94. The lowest BCUT2D eigenvalue weighted by Gasteiger charge is -2.48. The van der Waals surface area contributed by atoms with E-state index in [0.717, 1.165) is 10.6 Å². The zero-order valence-electron chi connectivity index (χ0n) is 20.2. The molecule has 0 unspecified atom stereocenters. The van der Waals surface area contributed by atoms with Crippen molar-refractivity contribution in [2.45, 2.75) is 71.3 Å². The molecule has 1 aromatic rings. The van der Waals surface area contributed by atoms with E-state index in [-0.39, 0.29) is 26.3 Å². The van der Waals surface area contributed by atoms with Crippen LogP contribution in [0.5, 0.6) is 0 Å². The van der Waals surface area contributed by atoms with Crippen LogP contribution in [0.1, 0.15) is 33.4 Å². The van der Waals surface area contributed by atoms with Crippen molar-refractivity contribution in [2.75, 3.05) is 32.9 Å². The topological polar surface area (TPSA) is 92.1 Å². The Balaban J connectivity index is 2.10. The molecule has 9 nitrogen and oxygen atoms in total. The number of rotatable bonds is 10. The van der Waals surface area contributed by atoms with Gasteiger partial charge in [-0.05, 0) is 55.7 Å². The van der Waals surface area contributed by atoms with Gasteiger partial charge in [0.25, 0.3) is 0 Å². The molecule has 0 bridgehead atoms. The Morgan fingerprint density at radius 3 is 2.47 bits per heavy atom. The number of amides is 1. The summed E-state index contributed by atoms with van der Waals surface area (Å²) in [5, 5.41) is 4.63. The number of likely N-dealkylation sites (tertiary alicyclic amines) is 1. The van der Waals surface area contributed by atoms with E-state index in [1.54, 1.807) is 11.6 Å². The van der Waals surface area contributed by atoms with Crippen molar-refractivity contribution in [1.82, 2.24) is 14.7 Å². The predicted octanol–water partition coefficient (Wildman–Crippen LogP) is 3.98. The van der Waals surface area contributed by atoms with Crippen LogP contribution in [0.25, 0.3) is 0 Å². The third-order valence-corrected chi connectivity index (χ3v) is 7.07. The van der Waals surface area contributed by atoms with E-state index in [1.807, 2.05) is 26.8 Å². The first-order chi connectivity index (χ1) is 14.7. The smallest absolute Gasteiger partial charge is 0.410 e. The first-order valence-electron chi connectivity index (χ1n) is 10.8. The molecule has 0 radical (unpaired) electrons. The quantitative estimate of drug-likeness (QED) is 0.255. The molecule has 11 heteroatoms. The number of ether oxygens (including phenoxy) is 4.